The Bertz CT molecular complexity index is 755. The van der Waals surface area contributed by atoms with Gasteiger partial charge in [0.25, 0.3) is 0 Å². The Hall–Kier alpha value is -1.75. The molecular weight excluding hydrogens is 353 g/mol. The van der Waals surface area contributed by atoms with Gasteiger partial charge in [-0.1, -0.05) is 35.9 Å². The number of piperidine rings is 1. The molecule has 0 radical (unpaired) electrons. The highest BCUT2D eigenvalue weighted by Crippen LogP contribution is 2.33. The average Bonchev–Trinajstić information content (AvgIpc) is 2.64. The van der Waals surface area contributed by atoms with Crippen molar-refractivity contribution in [2.24, 2.45) is 0 Å². The molecule has 138 valence electrons. The lowest BCUT2D eigenvalue weighted by Gasteiger charge is -2.38. The van der Waals surface area contributed by atoms with Gasteiger partial charge in [-0.2, -0.15) is 0 Å². The summed E-state index contributed by atoms with van der Waals surface area (Å²) in [5, 5.41) is 11.5. The van der Waals surface area contributed by atoms with Gasteiger partial charge in [0.2, 0.25) is 0 Å². The molecule has 0 atom stereocenters. The number of Topliss-reactive ketones (excluding diaryl/α,β-unsaturated/α-hetero) is 1. The van der Waals surface area contributed by atoms with E-state index in [2.05, 4.69) is 4.90 Å². The molecule has 1 aliphatic heterocycles. The number of aliphatic hydroxyl groups is 1. The SMILES string of the molecule is O=C(CCCN1CCC(O)(c2ccc(Cl)cc2)CC1)c1ccccc1F. The third-order valence-electron chi connectivity index (χ3n) is 5.12. The molecule has 0 saturated carbocycles. The quantitative estimate of drug-likeness (QED) is 0.759. The molecule has 2 aromatic rings. The second kappa shape index (κ2) is 8.30. The molecule has 1 N–H and O–H groups in total. The molecule has 2 aromatic carbocycles. The van der Waals surface area contributed by atoms with Crippen LogP contribution >= 0.6 is 11.6 Å². The van der Waals surface area contributed by atoms with Crippen molar-refractivity contribution in [1.29, 1.82) is 0 Å². The van der Waals surface area contributed by atoms with Crippen LogP contribution < -0.4 is 0 Å². The minimum absolute atomic E-state index is 0.155. The van der Waals surface area contributed by atoms with E-state index in [9.17, 15) is 14.3 Å². The number of hydrogen-bond acceptors (Lipinski definition) is 3. The van der Waals surface area contributed by atoms with Gasteiger partial charge in [0.15, 0.2) is 5.78 Å². The molecule has 3 nitrogen and oxygen atoms in total. The van der Waals surface area contributed by atoms with Gasteiger partial charge in [-0.15, -0.1) is 0 Å². The van der Waals surface area contributed by atoms with Gasteiger partial charge in [0, 0.05) is 24.5 Å². The zero-order valence-electron chi connectivity index (χ0n) is 14.6. The summed E-state index contributed by atoms with van der Waals surface area (Å²) in [6.07, 6.45) is 2.32. The van der Waals surface area contributed by atoms with Crippen molar-refractivity contribution in [3.63, 3.8) is 0 Å². The van der Waals surface area contributed by atoms with Gasteiger partial charge >= 0.3 is 0 Å². The van der Waals surface area contributed by atoms with Crippen LogP contribution in [0.4, 0.5) is 4.39 Å². The van der Waals surface area contributed by atoms with E-state index in [4.69, 9.17) is 11.6 Å². The van der Waals surface area contributed by atoms with Crippen LogP contribution in [-0.2, 0) is 5.60 Å². The lowest BCUT2D eigenvalue weighted by Crippen LogP contribution is -2.42. The largest absolute Gasteiger partial charge is 0.385 e. The number of likely N-dealkylation sites (tertiary alicyclic amines) is 1. The summed E-state index contributed by atoms with van der Waals surface area (Å²) in [6.45, 7) is 2.32. The van der Waals surface area contributed by atoms with Crippen molar-refractivity contribution in [2.75, 3.05) is 19.6 Å². The summed E-state index contributed by atoms with van der Waals surface area (Å²) in [7, 11) is 0. The van der Waals surface area contributed by atoms with Gasteiger partial charge in [-0.05, 0) is 55.6 Å². The minimum atomic E-state index is -0.815. The van der Waals surface area contributed by atoms with Crippen LogP contribution in [0.2, 0.25) is 5.02 Å². The first-order chi connectivity index (χ1) is 12.5. The fourth-order valence-electron chi connectivity index (χ4n) is 3.48. The Labute approximate surface area is 158 Å². The molecule has 1 aliphatic rings. The van der Waals surface area contributed by atoms with E-state index in [1.54, 1.807) is 24.3 Å². The lowest BCUT2D eigenvalue weighted by molar-refractivity contribution is -0.0260. The Balaban J connectivity index is 1.46. The van der Waals surface area contributed by atoms with Crippen LogP contribution in [0.1, 0.15) is 41.6 Å². The van der Waals surface area contributed by atoms with Crippen LogP contribution in [0.5, 0.6) is 0 Å². The second-order valence-electron chi connectivity index (χ2n) is 6.89. The second-order valence-corrected chi connectivity index (χ2v) is 7.32. The number of benzene rings is 2. The van der Waals surface area contributed by atoms with E-state index in [-0.39, 0.29) is 11.3 Å². The maximum atomic E-state index is 13.6. The van der Waals surface area contributed by atoms with Crippen LogP contribution in [0.25, 0.3) is 0 Å². The van der Waals surface area contributed by atoms with Gasteiger partial charge in [-0.25, -0.2) is 4.39 Å². The Morgan fingerprint density at radius 3 is 2.42 bits per heavy atom. The van der Waals surface area contributed by atoms with E-state index in [1.807, 2.05) is 12.1 Å². The Morgan fingerprint density at radius 2 is 1.77 bits per heavy atom. The van der Waals surface area contributed by atoms with Crippen molar-refractivity contribution in [3.8, 4) is 0 Å². The van der Waals surface area contributed by atoms with Crippen LogP contribution in [0.3, 0.4) is 0 Å². The van der Waals surface area contributed by atoms with E-state index in [1.165, 1.54) is 12.1 Å². The topological polar surface area (TPSA) is 40.5 Å². The molecule has 1 heterocycles. The third-order valence-corrected chi connectivity index (χ3v) is 5.37. The van der Waals surface area contributed by atoms with Crippen molar-refractivity contribution in [3.05, 3.63) is 70.5 Å². The van der Waals surface area contributed by atoms with E-state index >= 15 is 0 Å². The monoisotopic (exact) mass is 375 g/mol. The maximum Gasteiger partial charge on any atom is 0.165 e. The number of ketones is 1. The summed E-state index contributed by atoms with van der Waals surface area (Å²) < 4.78 is 13.6. The smallest absolute Gasteiger partial charge is 0.165 e. The standard InChI is InChI=1S/C21H23ClFNO2/c22-17-9-7-16(8-10-17)21(26)11-14-24(15-12-21)13-3-6-20(25)18-4-1-2-5-19(18)23/h1-2,4-5,7-10,26H,3,6,11-15H2. The summed E-state index contributed by atoms with van der Waals surface area (Å²) in [5.41, 5.74) is 0.254. The summed E-state index contributed by atoms with van der Waals surface area (Å²) in [4.78, 5) is 14.4. The molecule has 0 aliphatic carbocycles. The first-order valence-electron chi connectivity index (χ1n) is 8.96. The zero-order valence-corrected chi connectivity index (χ0v) is 15.4. The zero-order chi connectivity index (χ0) is 18.6. The number of carbonyl (C=O) groups is 1. The highest BCUT2D eigenvalue weighted by atomic mass is 35.5. The van der Waals surface area contributed by atoms with Crippen LogP contribution in [-0.4, -0.2) is 35.4 Å². The van der Waals surface area contributed by atoms with Gasteiger partial charge in [-0.3, -0.25) is 4.79 Å². The summed E-state index contributed by atoms with van der Waals surface area (Å²) in [6, 6.07) is 13.5. The van der Waals surface area contributed by atoms with E-state index < -0.39 is 11.4 Å². The van der Waals surface area contributed by atoms with E-state index in [0.717, 1.165) is 25.2 Å². The first kappa shape index (κ1) is 19.0. The number of nitrogens with zero attached hydrogens (tertiary/aromatic N) is 1. The molecule has 0 bridgehead atoms. The molecule has 26 heavy (non-hydrogen) atoms. The maximum absolute atomic E-state index is 13.6. The number of rotatable bonds is 6. The molecule has 1 fully saturated rings. The van der Waals surface area contributed by atoms with Crippen molar-refractivity contribution >= 4 is 17.4 Å². The third kappa shape index (κ3) is 4.50. The molecule has 0 unspecified atom stereocenters. The number of halogens is 2. The van der Waals surface area contributed by atoms with Crippen molar-refractivity contribution in [2.45, 2.75) is 31.3 Å². The van der Waals surface area contributed by atoms with Gasteiger partial charge in [0.1, 0.15) is 5.82 Å². The van der Waals surface area contributed by atoms with E-state index in [0.29, 0.717) is 30.7 Å². The predicted molar refractivity (Wildman–Crippen MR) is 101 cm³/mol. The molecule has 0 spiro atoms. The Kier molecular flexibility index (Phi) is 6.07. The normalized spacial score (nSPS) is 17.2. The van der Waals surface area contributed by atoms with Gasteiger partial charge < -0.3 is 10.0 Å². The fraction of sp³-hybridized carbons (Fsp3) is 0.381. The molecule has 0 aromatic heterocycles. The highest BCUT2D eigenvalue weighted by molar-refractivity contribution is 6.30. The molecule has 3 rings (SSSR count). The highest BCUT2D eigenvalue weighted by Gasteiger charge is 2.33. The molecule has 1 saturated heterocycles. The predicted octanol–water partition coefficient (Wildman–Crippen LogP) is 4.43. The summed E-state index contributed by atoms with van der Waals surface area (Å²) in [5.74, 6) is -0.610. The molecule has 0 amide bonds. The Morgan fingerprint density at radius 1 is 1.12 bits per heavy atom. The lowest BCUT2D eigenvalue weighted by atomic mass is 9.84. The van der Waals surface area contributed by atoms with Gasteiger partial charge in [0.05, 0.1) is 11.2 Å². The van der Waals surface area contributed by atoms with Crippen molar-refractivity contribution < 1.29 is 14.3 Å². The number of hydrogen-bond donors (Lipinski definition) is 1. The minimum Gasteiger partial charge on any atom is -0.385 e. The summed E-state index contributed by atoms with van der Waals surface area (Å²) >= 11 is 5.92. The number of carbonyl (C=O) groups excluding carboxylic acids is 1. The van der Waals surface area contributed by atoms with Crippen LogP contribution in [0, 0.1) is 5.82 Å². The average molecular weight is 376 g/mol. The molecule has 5 heteroatoms. The van der Waals surface area contributed by atoms with Crippen LogP contribution in [0.15, 0.2) is 48.5 Å². The van der Waals surface area contributed by atoms with Crippen molar-refractivity contribution in [1.82, 2.24) is 4.90 Å². The molecular formula is C21H23ClFNO2. The first-order valence-corrected chi connectivity index (χ1v) is 9.34. The fourth-order valence-corrected chi connectivity index (χ4v) is 3.61.